The summed E-state index contributed by atoms with van der Waals surface area (Å²) in [4.78, 5) is 9.22. The third kappa shape index (κ3) is 6.65. The Kier molecular flexibility index (Phi) is 8.65. The molecule has 1 aromatic heterocycles. The second kappa shape index (κ2) is 12.3. The van der Waals surface area contributed by atoms with Gasteiger partial charge in [0.1, 0.15) is 24.7 Å². The van der Waals surface area contributed by atoms with Gasteiger partial charge in [0, 0.05) is 24.4 Å². The van der Waals surface area contributed by atoms with Crippen LogP contribution in [0.4, 0.5) is 5.69 Å². The molecular weight excluding hydrogens is 428 g/mol. The number of aromatic nitrogens is 1. The molecule has 1 aliphatic heterocycles. The van der Waals surface area contributed by atoms with Gasteiger partial charge in [-0.1, -0.05) is 43.7 Å². The van der Waals surface area contributed by atoms with Crippen molar-refractivity contribution in [2.75, 3.05) is 39.6 Å². The van der Waals surface area contributed by atoms with Crippen molar-refractivity contribution in [3.63, 3.8) is 0 Å². The van der Waals surface area contributed by atoms with E-state index >= 15 is 0 Å². The number of ether oxygens (including phenoxy) is 4. The summed E-state index contributed by atoms with van der Waals surface area (Å²) < 4.78 is 22.5. The number of fused-ring (bicyclic) bond motifs is 1. The average molecular weight is 461 g/mol. The number of aryl methyl sites for hydroxylation is 1. The highest BCUT2D eigenvalue weighted by atomic mass is 16.5. The molecule has 0 bridgehead atoms. The van der Waals surface area contributed by atoms with Gasteiger partial charge in [-0.3, -0.25) is 0 Å². The molecule has 0 saturated heterocycles. The van der Waals surface area contributed by atoms with Crippen molar-refractivity contribution < 1.29 is 18.9 Å². The number of benzene rings is 2. The molecule has 2 heterocycles. The third-order valence-corrected chi connectivity index (χ3v) is 5.51. The minimum Gasteiger partial charge on any atom is -0.485 e. The molecule has 2 aromatic carbocycles. The van der Waals surface area contributed by atoms with Crippen LogP contribution in [0.25, 0.3) is 11.1 Å². The predicted octanol–water partition coefficient (Wildman–Crippen LogP) is 5.78. The first kappa shape index (κ1) is 23.9. The van der Waals surface area contributed by atoms with Crippen LogP contribution >= 0.6 is 0 Å². The Morgan fingerprint density at radius 3 is 2.32 bits per heavy atom. The van der Waals surface area contributed by atoms with Crippen molar-refractivity contribution in [2.24, 2.45) is 4.99 Å². The first-order valence-electron chi connectivity index (χ1n) is 11.9. The van der Waals surface area contributed by atoms with Gasteiger partial charge < -0.3 is 18.9 Å². The van der Waals surface area contributed by atoms with E-state index in [1.807, 2.05) is 36.5 Å². The molecule has 0 atom stereocenters. The maximum atomic E-state index is 5.88. The zero-order chi connectivity index (χ0) is 23.6. The normalized spacial score (nSPS) is 12.6. The van der Waals surface area contributed by atoms with Gasteiger partial charge in [0.05, 0.1) is 25.5 Å². The predicted molar refractivity (Wildman–Crippen MR) is 135 cm³/mol. The second-order valence-electron chi connectivity index (χ2n) is 8.21. The van der Waals surface area contributed by atoms with Crippen molar-refractivity contribution in [1.29, 1.82) is 0 Å². The van der Waals surface area contributed by atoms with Crippen molar-refractivity contribution in [1.82, 2.24) is 4.98 Å². The minimum atomic E-state index is 0.461. The van der Waals surface area contributed by atoms with E-state index in [-0.39, 0.29) is 0 Å². The van der Waals surface area contributed by atoms with Crippen LogP contribution in [0.5, 0.6) is 11.6 Å². The van der Waals surface area contributed by atoms with E-state index < -0.39 is 0 Å². The van der Waals surface area contributed by atoms with Crippen LogP contribution < -0.4 is 9.47 Å². The molecule has 178 valence electrons. The third-order valence-electron chi connectivity index (χ3n) is 5.51. The highest BCUT2D eigenvalue weighted by Gasteiger charge is 2.14. The van der Waals surface area contributed by atoms with Crippen LogP contribution in [0.15, 0.2) is 65.8 Å². The molecule has 0 radical (unpaired) electrons. The molecule has 0 aliphatic carbocycles. The van der Waals surface area contributed by atoms with Crippen LogP contribution in [0.3, 0.4) is 0 Å². The van der Waals surface area contributed by atoms with Crippen molar-refractivity contribution in [2.45, 2.75) is 26.7 Å². The number of hydrogen-bond donors (Lipinski definition) is 0. The molecule has 4 rings (SSSR count). The Morgan fingerprint density at radius 1 is 0.824 bits per heavy atom. The fraction of sp³-hybridized carbons (Fsp3) is 0.357. The summed E-state index contributed by atoms with van der Waals surface area (Å²) in [5, 5.41) is 0. The zero-order valence-corrected chi connectivity index (χ0v) is 20.0. The summed E-state index contributed by atoms with van der Waals surface area (Å²) in [6.45, 7) is 7.66. The highest BCUT2D eigenvalue weighted by molar-refractivity contribution is 6.04. The van der Waals surface area contributed by atoms with E-state index in [9.17, 15) is 0 Å². The van der Waals surface area contributed by atoms with Crippen molar-refractivity contribution in [3.8, 4) is 22.8 Å². The summed E-state index contributed by atoms with van der Waals surface area (Å²) in [6.07, 6.45) is 4.06. The quantitative estimate of drug-likeness (QED) is 0.321. The summed E-state index contributed by atoms with van der Waals surface area (Å²) >= 11 is 0. The molecular formula is C28H32N2O4. The summed E-state index contributed by atoms with van der Waals surface area (Å²) in [7, 11) is 0. The summed E-state index contributed by atoms with van der Waals surface area (Å²) in [6, 6.07) is 18.3. The van der Waals surface area contributed by atoms with Crippen LogP contribution in [0.2, 0.25) is 0 Å². The molecule has 0 spiro atoms. The molecule has 0 amide bonds. The maximum absolute atomic E-state index is 5.88. The number of rotatable bonds is 12. The van der Waals surface area contributed by atoms with Crippen LogP contribution in [0, 0.1) is 6.92 Å². The maximum Gasteiger partial charge on any atom is 0.213 e. The Morgan fingerprint density at radius 2 is 1.56 bits per heavy atom. The van der Waals surface area contributed by atoms with E-state index in [1.54, 1.807) is 0 Å². The number of aliphatic imine (C=N–C) groups is 1. The molecule has 6 heteroatoms. The smallest absolute Gasteiger partial charge is 0.213 e. The van der Waals surface area contributed by atoms with E-state index in [0.29, 0.717) is 38.9 Å². The van der Waals surface area contributed by atoms with Crippen LogP contribution in [-0.2, 0) is 9.47 Å². The monoisotopic (exact) mass is 460 g/mol. The lowest BCUT2D eigenvalue weighted by Crippen LogP contribution is -2.16. The molecule has 1 aliphatic rings. The standard InChI is InChI=1S/C28H32N2O4/c1-3-4-13-31-14-15-32-16-17-33-28-12-10-24(19-29-28)22-6-8-23(9-7-22)26-20-34-27-11-5-21(2)18-25(27)30-26/h5-12,18-19H,3-4,13-17,20H2,1-2H3. The minimum absolute atomic E-state index is 0.461. The van der Waals surface area contributed by atoms with Gasteiger partial charge in [0.25, 0.3) is 0 Å². The Bertz CT molecular complexity index is 1080. The van der Waals surface area contributed by atoms with E-state index in [4.69, 9.17) is 23.9 Å². The molecule has 3 aromatic rings. The lowest BCUT2D eigenvalue weighted by Gasteiger charge is -2.17. The molecule has 0 unspecified atom stereocenters. The summed E-state index contributed by atoms with van der Waals surface area (Å²) in [5.41, 5.74) is 6.16. The molecule has 0 fully saturated rings. The van der Waals surface area contributed by atoms with Crippen LogP contribution in [-0.4, -0.2) is 50.3 Å². The number of hydrogen-bond acceptors (Lipinski definition) is 6. The zero-order valence-electron chi connectivity index (χ0n) is 20.0. The average Bonchev–Trinajstić information content (AvgIpc) is 2.88. The second-order valence-corrected chi connectivity index (χ2v) is 8.21. The van der Waals surface area contributed by atoms with Gasteiger partial charge in [0.15, 0.2) is 0 Å². The van der Waals surface area contributed by atoms with Crippen LogP contribution in [0.1, 0.15) is 30.9 Å². The van der Waals surface area contributed by atoms with Gasteiger partial charge >= 0.3 is 0 Å². The summed E-state index contributed by atoms with van der Waals surface area (Å²) in [5.74, 6) is 1.42. The van der Waals surface area contributed by atoms with Crippen molar-refractivity contribution >= 4 is 11.4 Å². The topological polar surface area (TPSA) is 62.2 Å². The fourth-order valence-electron chi connectivity index (χ4n) is 3.57. The number of nitrogens with zero attached hydrogens (tertiary/aromatic N) is 2. The number of pyridine rings is 1. The lowest BCUT2D eigenvalue weighted by atomic mass is 10.0. The molecule has 0 N–H and O–H groups in total. The van der Waals surface area contributed by atoms with Crippen molar-refractivity contribution in [3.05, 3.63) is 71.9 Å². The van der Waals surface area contributed by atoms with E-state index in [1.165, 1.54) is 5.56 Å². The Labute approximate surface area is 201 Å². The largest absolute Gasteiger partial charge is 0.485 e. The lowest BCUT2D eigenvalue weighted by molar-refractivity contribution is 0.0351. The van der Waals surface area contributed by atoms with E-state index in [0.717, 1.165) is 53.3 Å². The van der Waals surface area contributed by atoms with Gasteiger partial charge in [-0.2, -0.15) is 0 Å². The SMILES string of the molecule is CCCCOCCOCCOc1ccc(-c2ccc(C3=Nc4cc(C)ccc4OC3)cc2)cn1. The van der Waals surface area contributed by atoms with E-state index in [2.05, 4.69) is 43.1 Å². The highest BCUT2D eigenvalue weighted by Crippen LogP contribution is 2.32. The fourth-order valence-corrected chi connectivity index (χ4v) is 3.57. The molecule has 34 heavy (non-hydrogen) atoms. The van der Waals surface area contributed by atoms with Gasteiger partial charge in [-0.05, 0) is 48.2 Å². The number of unbranched alkanes of at least 4 members (excludes halogenated alkanes) is 1. The van der Waals surface area contributed by atoms with Gasteiger partial charge in [0.2, 0.25) is 5.88 Å². The Balaban J connectivity index is 1.26. The Hall–Kier alpha value is -3.22. The molecule has 0 saturated carbocycles. The first-order chi connectivity index (χ1) is 16.7. The molecule has 6 nitrogen and oxygen atoms in total. The van der Waals surface area contributed by atoms with Gasteiger partial charge in [-0.25, -0.2) is 9.98 Å². The first-order valence-corrected chi connectivity index (χ1v) is 11.9. The van der Waals surface area contributed by atoms with Gasteiger partial charge in [-0.15, -0.1) is 0 Å².